The van der Waals surface area contributed by atoms with Crippen LogP contribution in [0.25, 0.3) is 0 Å². The Morgan fingerprint density at radius 2 is 2.29 bits per heavy atom. The van der Waals surface area contributed by atoms with Gasteiger partial charge in [-0.2, -0.15) is 4.80 Å². The maximum absolute atomic E-state index is 11.7. The molecule has 0 aliphatic carbocycles. The Morgan fingerprint density at radius 1 is 1.50 bits per heavy atom. The van der Waals surface area contributed by atoms with Gasteiger partial charge in [-0.3, -0.25) is 4.79 Å². The molecule has 0 N–H and O–H groups in total. The second kappa shape index (κ2) is 3.30. The van der Waals surface area contributed by atoms with Crippen LogP contribution in [0.2, 0.25) is 0 Å². The second-order valence-corrected chi connectivity index (χ2v) is 4.13. The molecule has 0 unspecified atom stereocenters. The average Bonchev–Trinajstić information content (AvgIpc) is 2.73. The summed E-state index contributed by atoms with van der Waals surface area (Å²) in [4.78, 5) is 14.7. The highest BCUT2D eigenvalue weighted by Gasteiger charge is 2.15. The molecule has 0 atom stereocenters. The van der Waals surface area contributed by atoms with Crippen LogP contribution in [0.1, 0.15) is 20.4 Å². The summed E-state index contributed by atoms with van der Waals surface area (Å²) in [6.45, 7) is 1.95. The molecule has 0 radical (unpaired) electrons. The molecule has 5 nitrogen and oxygen atoms in total. The second-order valence-electron chi connectivity index (χ2n) is 2.84. The normalized spacial score (nSPS) is 10.4. The first kappa shape index (κ1) is 9.01. The first-order valence-electron chi connectivity index (χ1n) is 4.02. The lowest BCUT2D eigenvalue weighted by Crippen LogP contribution is -2.02. The first-order valence-corrected chi connectivity index (χ1v) is 4.83. The summed E-state index contributed by atoms with van der Waals surface area (Å²) < 4.78 is 0. The molecule has 14 heavy (non-hydrogen) atoms. The molecule has 0 aromatic carbocycles. The monoisotopic (exact) mass is 208 g/mol. The maximum Gasteiger partial charge on any atom is 0.246 e. The Balaban J connectivity index is 2.33. The number of aromatic nitrogens is 4. The van der Waals surface area contributed by atoms with Crippen LogP contribution in [-0.4, -0.2) is 26.0 Å². The molecule has 0 amide bonds. The van der Waals surface area contributed by atoms with Gasteiger partial charge in [0.25, 0.3) is 0 Å². The highest BCUT2D eigenvalue weighted by Crippen LogP contribution is 2.17. The van der Waals surface area contributed by atoms with E-state index in [1.807, 2.05) is 13.0 Å². The number of aryl methyl sites for hydroxylation is 2. The molecule has 0 saturated heterocycles. The molecular weight excluding hydrogens is 200 g/mol. The van der Waals surface area contributed by atoms with Crippen LogP contribution in [0.3, 0.4) is 0 Å². The van der Waals surface area contributed by atoms with Crippen molar-refractivity contribution in [2.45, 2.75) is 6.92 Å². The molecule has 2 rings (SSSR count). The van der Waals surface area contributed by atoms with Crippen LogP contribution in [-0.2, 0) is 7.05 Å². The van der Waals surface area contributed by atoms with Crippen LogP contribution in [0.4, 0.5) is 0 Å². The molecule has 2 aromatic rings. The largest absolute Gasteiger partial charge is 0.284 e. The topological polar surface area (TPSA) is 60.7 Å². The quantitative estimate of drug-likeness (QED) is 0.685. The standard InChI is InChI=1S/C8H8N4OS/c1-5-3-4-6(14-5)7(13)8-9-11-12(2)10-8/h3-4H,1-2H3. The smallest absolute Gasteiger partial charge is 0.246 e. The summed E-state index contributed by atoms with van der Waals surface area (Å²) in [5.74, 6) is -0.0226. The predicted molar refractivity (Wildman–Crippen MR) is 51.3 cm³/mol. The fourth-order valence-corrected chi connectivity index (χ4v) is 1.84. The fraction of sp³-hybridized carbons (Fsp3) is 0.250. The molecule has 0 bridgehead atoms. The summed E-state index contributed by atoms with van der Waals surface area (Å²) in [5, 5.41) is 11.1. The molecule has 0 saturated carbocycles. The van der Waals surface area contributed by atoms with Crippen molar-refractivity contribution in [1.29, 1.82) is 0 Å². The van der Waals surface area contributed by atoms with Crippen molar-refractivity contribution in [3.05, 3.63) is 27.7 Å². The maximum atomic E-state index is 11.7. The number of hydrogen-bond donors (Lipinski definition) is 0. The van der Waals surface area contributed by atoms with Crippen LogP contribution < -0.4 is 0 Å². The lowest BCUT2D eigenvalue weighted by molar-refractivity contribution is 0.103. The number of thiophene rings is 1. The van der Waals surface area contributed by atoms with Crippen LogP contribution >= 0.6 is 11.3 Å². The summed E-state index contributed by atoms with van der Waals surface area (Å²) in [7, 11) is 1.63. The van der Waals surface area contributed by atoms with E-state index < -0.39 is 0 Å². The Bertz CT molecular complexity index is 431. The molecule has 0 aliphatic rings. The molecule has 0 fully saturated rings. The van der Waals surface area contributed by atoms with E-state index in [1.165, 1.54) is 16.1 Å². The number of tetrazole rings is 1. The van der Waals surface area contributed by atoms with E-state index in [0.717, 1.165) is 4.88 Å². The number of rotatable bonds is 2. The van der Waals surface area contributed by atoms with E-state index in [-0.39, 0.29) is 11.6 Å². The Morgan fingerprint density at radius 3 is 2.79 bits per heavy atom. The molecule has 0 aliphatic heterocycles. The SMILES string of the molecule is Cc1ccc(C(=O)c2nnn(C)n2)s1. The van der Waals surface area contributed by atoms with Crippen LogP contribution in [0.5, 0.6) is 0 Å². The zero-order valence-electron chi connectivity index (χ0n) is 7.76. The van der Waals surface area contributed by atoms with Gasteiger partial charge in [0.1, 0.15) is 0 Å². The Kier molecular flexibility index (Phi) is 2.12. The van der Waals surface area contributed by atoms with Gasteiger partial charge in [0.15, 0.2) is 0 Å². The number of ketones is 1. The lowest BCUT2D eigenvalue weighted by atomic mass is 10.3. The average molecular weight is 208 g/mol. The molecule has 72 valence electrons. The number of carbonyl (C=O) groups is 1. The Hall–Kier alpha value is -1.56. The van der Waals surface area contributed by atoms with Gasteiger partial charge in [-0.15, -0.1) is 21.5 Å². The van der Waals surface area contributed by atoms with Gasteiger partial charge in [0.2, 0.25) is 11.6 Å². The van der Waals surface area contributed by atoms with Gasteiger partial charge in [-0.1, -0.05) is 0 Å². The van der Waals surface area contributed by atoms with Crippen LogP contribution in [0, 0.1) is 6.92 Å². The van der Waals surface area contributed by atoms with Crippen molar-refractivity contribution in [3.63, 3.8) is 0 Å². The zero-order valence-corrected chi connectivity index (χ0v) is 8.58. The third kappa shape index (κ3) is 1.56. The third-order valence-corrected chi connectivity index (χ3v) is 2.68. The van der Waals surface area contributed by atoms with Crippen molar-refractivity contribution in [2.75, 3.05) is 0 Å². The fourth-order valence-electron chi connectivity index (χ4n) is 1.04. The van der Waals surface area contributed by atoms with Crippen molar-refractivity contribution in [3.8, 4) is 0 Å². The van der Waals surface area contributed by atoms with Crippen molar-refractivity contribution < 1.29 is 4.79 Å². The van der Waals surface area contributed by atoms with Gasteiger partial charge in [0, 0.05) is 4.88 Å². The minimum absolute atomic E-state index is 0.148. The highest BCUT2D eigenvalue weighted by atomic mass is 32.1. The summed E-state index contributed by atoms with van der Waals surface area (Å²) in [6, 6.07) is 3.67. The molecular formula is C8H8N4OS. The summed E-state index contributed by atoms with van der Waals surface area (Å²) in [5.41, 5.74) is 0. The van der Waals surface area contributed by atoms with E-state index in [2.05, 4.69) is 15.4 Å². The zero-order chi connectivity index (χ0) is 10.1. The van der Waals surface area contributed by atoms with Gasteiger partial charge >= 0.3 is 0 Å². The third-order valence-electron chi connectivity index (χ3n) is 1.68. The van der Waals surface area contributed by atoms with Gasteiger partial charge < -0.3 is 0 Å². The van der Waals surface area contributed by atoms with Crippen LogP contribution in [0.15, 0.2) is 12.1 Å². The Labute approximate surface area is 84.4 Å². The highest BCUT2D eigenvalue weighted by molar-refractivity contribution is 7.14. The molecule has 2 heterocycles. The minimum atomic E-state index is -0.170. The van der Waals surface area contributed by atoms with Crippen molar-refractivity contribution in [1.82, 2.24) is 20.2 Å². The van der Waals surface area contributed by atoms with Gasteiger partial charge in [-0.25, -0.2) is 0 Å². The first-order chi connectivity index (χ1) is 6.66. The minimum Gasteiger partial charge on any atom is -0.284 e. The molecule has 0 spiro atoms. The molecule has 2 aromatic heterocycles. The lowest BCUT2D eigenvalue weighted by Gasteiger charge is -1.87. The van der Waals surface area contributed by atoms with Crippen molar-refractivity contribution in [2.24, 2.45) is 7.05 Å². The van der Waals surface area contributed by atoms with E-state index in [9.17, 15) is 4.79 Å². The van der Waals surface area contributed by atoms with E-state index in [4.69, 9.17) is 0 Å². The number of carbonyl (C=O) groups excluding carboxylic acids is 1. The summed E-state index contributed by atoms with van der Waals surface area (Å²) in [6.07, 6.45) is 0. The van der Waals surface area contributed by atoms with Crippen molar-refractivity contribution >= 4 is 17.1 Å². The number of hydrogen-bond acceptors (Lipinski definition) is 5. The van der Waals surface area contributed by atoms with Gasteiger partial charge in [0.05, 0.1) is 11.9 Å². The molecule has 6 heteroatoms. The van der Waals surface area contributed by atoms with E-state index >= 15 is 0 Å². The number of nitrogens with zero attached hydrogens (tertiary/aromatic N) is 4. The van der Waals surface area contributed by atoms with E-state index in [0.29, 0.717) is 4.88 Å². The van der Waals surface area contributed by atoms with Gasteiger partial charge in [-0.05, 0) is 24.3 Å². The predicted octanol–water partition coefficient (Wildman–Crippen LogP) is 0.811. The van der Waals surface area contributed by atoms with E-state index in [1.54, 1.807) is 13.1 Å². The summed E-state index contributed by atoms with van der Waals surface area (Å²) >= 11 is 1.43.